The summed E-state index contributed by atoms with van der Waals surface area (Å²) in [6, 6.07) is 1.73. The number of esters is 1. The van der Waals surface area contributed by atoms with E-state index in [4.69, 9.17) is 14.2 Å². The molecule has 0 spiro atoms. The fourth-order valence-electron chi connectivity index (χ4n) is 5.62. The number of rotatable bonds is 9. The number of amides is 3. The van der Waals surface area contributed by atoms with Crippen LogP contribution in [0.3, 0.4) is 0 Å². The predicted molar refractivity (Wildman–Crippen MR) is 129 cm³/mol. The maximum absolute atomic E-state index is 14.7. The van der Waals surface area contributed by atoms with Gasteiger partial charge in [-0.15, -0.1) is 0 Å². The van der Waals surface area contributed by atoms with Crippen LogP contribution in [0.4, 0.5) is 4.39 Å². The van der Waals surface area contributed by atoms with E-state index in [1.165, 1.54) is 25.3 Å². The summed E-state index contributed by atoms with van der Waals surface area (Å²) in [6.45, 7) is 5.64. The van der Waals surface area contributed by atoms with Crippen molar-refractivity contribution in [2.24, 2.45) is 11.8 Å². The van der Waals surface area contributed by atoms with Crippen molar-refractivity contribution < 1.29 is 37.8 Å². The first-order valence-electron chi connectivity index (χ1n) is 12.7. The number of benzene rings is 1. The number of hydrogen-bond acceptors (Lipinski definition) is 7. The molecular formula is C26H34FN3O7. The summed E-state index contributed by atoms with van der Waals surface area (Å²) in [5.74, 6) is -3.21. The summed E-state index contributed by atoms with van der Waals surface area (Å²) in [6.07, 6.45) is 1.36. The number of ether oxygens (including phenoxy) is 3. The van der Waals surface area contributed by atoms with Gasteiger partial charge in [0.05, 0.1) is 19.1 Å². The van der Waals surface area contributed by atoms with Crippen LogP contribution in [0.5, 0.6) is 5.75 Å². The van der Waals surface area contributed by atoms with Crippen molar-refractivity contribution in [2.45, 2.75) is 76.9 Å². The SMILES string of the molecule is CCO[C@@H]1OC(=O)CC1NC(=O)[C@@H]1[C@H]2CC[C@@H](C2)N1C(=O)[C@@H](NC(=O)c1cccc(OC)c1F)C(C)C. The van der Waals surface area contributed by atoms with Gasteiger partial charge in [0.2, 0.25) is 18.1 Å². The standard InChI is InChI=1S/C26H34FN3O7/c1-5-36-26-17(12-19(31)37-26)28-24(33)22-14-9-10-15(11-14)30(22)25(34)21(13(2)3)29-23(32)16-7-6-8-18(35-4)20(16)27/h6-8,13-15,17,21-22,26H,5,9-12H2,1-4H3,(H,28,33)(H,29,32)/t14-,15-,17?,21-,22-,26+/m0/s1. The van der Waals surface area contributed by atoms with Crippen molar-refractivity contribution in [3.8, 4) is 5.75 Å². The molecule has 4 rings (SSSR count). The van der Waals surface area contributed by atoms with E-state index in [0.717, 1.165) is 12.8 Å². The average molecular weight is 520 g/mol. The third-order valence-corrected chi connectivity index (χ3v) is 7.38. The number of methoxy groups -OCH3 is 1. The van der Waals surface area contributed by atoms with Gasteiger partial charge in [0.1, 0.15) is 18.1 Å². The molecule has 3 amide bonds. The summed E-state index contributed by atoms with van der Waals surface area (Å²) < 4.78 is 30.3. The topological polar surface area (TPSA) is 123 Å². The molecule has 2 heterocycles. The van der Waals surface area contributed by atoms with Crippen LogP contribution in [0.25, 0.3) is 0 Å². The van der Waals surface area contributed by atoms with Crippen molar-refractivity contribution in [1.29, 1.82) is 0 Å². The zero-order valence-electron chi connectivity index (χ0n) is 21.5. The van der Waals surface area contributed by atoms with E-state index < -0.39 is 42.1 Å². The number of halogens is 1. The smallest absolute Gasteiger partial charge is 0.310 e. The summed E-state index contributed by atoms with van der Waals surface area (Å²) in [5, 5.41) is 5.54. The van der Waals surface area contributed by atoms with Gasteiger partial charge in [0.25, 0.3) is 5.91 Å². The van der Waals surface area contributed by atoms with Gasteiger partial charge in [-0.25, -0.2) is 4.39 Å². The van der Waals surface area contributed by atoms with Gasteiger partial charge in [-0.1, -0.05) is 19.9 Å². The molecule has 0 radical (unpaired) electrons. The number of carbonyl (C=O) groups is 4. The van der Waals surface area contributed by atoms with Crippen LogP contribution in [-0.4, -0.2) is 72.8 Å². The lowest BCUT2D eigenvalue weighted by Crippen LogP contribution is -2.60. The number of nitrogens with one attached hydrogen (secondary N) is 2. The van der Waals surface area contributed by atoms with Gasteiger partial charge in [-0.05, 0) is 50.2 Å². The molecule has 202 valence electrons. The molecule has 2 saturated heterocycles. The van der Waals surface area contributed by atoms with Gasteiger partial charge >= 0.3 is 5.97 Å². The molecule has 1 unspecified atom stereocenters. The van der Waals surface area contributed by atoms with Crippen LogP contribution in [-0.2, 0) is 23.9 Å². The molecule has 2 bridgehead atoms. The number of cyclic esters (lactones) is 1. The molecule has 2 aliphatic heterocycles. The zero-order chi connectivity index (χ0) is 26.9. The van der Waals surface area contributed by atoms with Crippen molar-refractivity contribution in [3.05, 3.63) is 29.6 Å². The Balaban J connectivity index is 1.52. The molecule has 2 N–H and O–H groups in total. The highest BCUT2D eigenvalue weighted by molar-refractivity contribution is 5.99. The van der Waals surface area contributed by atoms with Crippen molar-refractivity contribution in [1.82, 2.24) is 15.5 Å². The van der Waals surface area contributed by atoms with E-state index in [1.807, 2.05) is 0 Å². The molecule has 10 nitrogen and oxygen atoms in total. The number of nitrogens with zero attached hydrogens (tertiary/aromatic N) is 1. The van der Waals surface area contributed by atoms with Crippen molar-refractivity contribution >= 4 is 23.7 Å². The second kappa shape index (κ2) is 11.0. The Bertz CT molecular complexity index is 1060. The molecule has 6 atom stereocenters. The molecule has 37 heavy (non-hydrogen) atoms. The lowest BCUT2D eigenvalue weighted by Gasteiger charge is -2.38. The highest BCUT2D eigenvalue weighted by Crippen LogP contribution is 2.43. The third-order valence-electron chi connectivity index (χ3n) is 7.38. The molecule has 1 aromatic rings. The number of hydrogen-bond donors (Lipinski definition) is 2. The molecule has 1 aliphatic carbocycles. The minimum absolute atomic E-state index is 0.0120. The first-order chi connectivity index (χ1) is 17.7. The molecule has 1 saturated carbocycles. The average Bonchev–Trinajstić information content (AvgIpc) is 3.57. The Kier molecular flexibility index (Phi) is 8.01. The summed E-state index contributed by atoms with van der Waals surface area (Å²) >= 11 is 0. The molecule has 3 aliphatic rings. The van der Waals surface area contributed by atoms with Gasteiger partial charge in [0.15, 0.2) is 11.6 Å². The van der Waals surface area contributed by atoms with E-state index in [9.17, 15) is 23.6 Å². The number of piperidine rings is 1. The Labute approximate surface area is 215 Å². The fourth-order valence-corrected chi connectivity index (χ4v) is 5.62. The lowest BCUT2D eigenvalue weighted by atomic mass is 9.95. The second-order valence-electron chi connectivity index (χ2n) is 10.1. The number of fused-ring (bicyclic) bond motifs is 2. The quantitative estimate of drug-likeness (QED) is 0.477. The second-order valence-corrected chi connectivity index (χ2v) is 10.1. The molecule has 11 heteroatoms. The van der Waals surface area contributed by atoms with Crippen molar-refractivity contribution in [2.75, 3.05) is 13.7 Å². The zero-order valence-corrected chi connectivity index (χ0v) is 21.5. The van der Waals surface area contributed by atoms with Crippen LogP contribution in [0, 0.1) is 17.7 Å². The maximum Gasteiger partial charge on any atom is 0.310 e. The normalized spacial score (nSPS) is 27.2. The largest absolute Gasteiger partial charge is 0.494 e. The van der Waals surface area contributed by atoms with Crippen molar-refractivity contribution in [3.63, 3.8) is 0 Å². The van der Waals surface area contributed by atoms with E-state index in [2.05, 4.69) is 10.6 Å². The third kappa shape index (κ3) is 5.27. The summed E-state index contributed by atoms with van der Waals surface area (Å²) in [4.78, 5) is 53.6. The van der Waals surface area contributed by atoms with Crippen LogP contribution >= 0.6 is 0 Å². The fraction of sp³-hybridized carbons (Fsp3) is 0.615. The lowest BCUT2D eigenvalue weighted by molar-refractivity contribution is -0.165. The van der Waals surface area contributed by atoms with Crippen LogP contribution in [0.1, 0.15) is 56.8 Å². The van der Waals surface area contributed by atoms with Gasteiger partial charge in [-0.2, -0.15) is 0 Å². The van der Waals surface area contributed by atoms with E-state index in [-0.39, 0.29) is 47.4 Å². The highest BCUT2D eigenvalue weighted by Gasteiger charge is 2.53. The number of carbonyl (C=O) groups excluding carboxylic acids is 4. The van der Waals surface area contributed by atoms with Gasteiger partial charge < -0.3 is 29.7 Å². The van der Waals surface area contributed by atoms with E-state index >= 15 is 0 Å². The molecular weight excluding hydrogens is 485 g/mol. The minimum Gasteiger partial charge on any atom is -0.494 e. The Morgan fingerprint density at radius 2 is 2.00 bits per heavy atom. The molecule has 1 aromatic carbocycles. The van der Waals surface area contributed by atoms with Crippen LogP contribution < -0.4 is 15.4 Å². The summed E-state index contributed by atoms with van der Waals surface area (Å²) in [7, 11) is 1.30. The van der Waals surface area contributed by atoms with Crippen LogP contribution in [0.2, 0.25) is 0 Å². The van der Waals surface area contributed by atoms with E-state index in [0.29, 0.717) is 13.0 Å². The predicted octanol–water partition coefficient (Wildman–Crippen LogP) is 1.76. The Morgan fingerprint density at radius 3 is 2.68 bits per heavy atom. The Hall–Kier alpha value is -3.21. The van der Waals surface area contributed by atoms with Gasteiger partial charge in [0, 0.05) is 12.6 Å². The van der Waals surface area contributed by atoms with Gasteiger partial charge in [-0.3, -0.25) is 19.2 Å². The molecule has 0 aromatic heterocycles. The monoisotopic (exact) mass is 519 g/mol. The highest BCUT2D eigenvalue weighted by atomic mass is 19.1. The van der Waals surface area contributed by atoms with E-state index in [1.54, 1.807) is 25.7 Å². The number of likely N-dealkylation sites (tertiary alicyclic amines) is 1. The summed E-state index contributed by atoms with van der Waals surface area (Å²) in [5.41, 5.74) is -0.233. The Morgan fingerprint density at radius 1 is 1.24 bits per heavy atom. The first kappa shape index (κ1) is 26.8. The minimum atomic E-state index is -0.972. The first-order valence-corrected chi connectivity index (χ1v) is 12.7. The maximum atomic E-state index is 14.7. The van der Waals surface area contributed by atoms with Crippen LogP contribution in [0.15, 0.2) is 18.2 Å². The molecule has 3 fully saturated rings.